The van der Waals surface area contributed by atoms with Crippen LogP contribution in [-0.2, 0) is 6.54 Å². The van der Waals surface area contributed by atoms with E-state index < -0.39 is 0 Å². The number of aromatic nitrogens is 2. The minimum Gasteiger partial charge on any atom is -0.464 e. The summed E-state index contributed by atoms with van der Waals surface area (Å²) in [5.74, 6) is 3.19. The van der Waals surface area contributed by atoms with E-state index in [-0.39, 0.29) is 5.91 Å². The van der Waals surface area contributed by atoms with Gasteiger partial charge in [-0.3, -0.25) is 4.79 Å². The van der Waals surface area contributed by atoms with Crippen molar-refractivity contribution in [1.29, 1.82) is 0 Å². The number of para-hydroxylation sites is 1. The first-order valence-corrected chi connectivity index (χ1v) is 10.1. The Morgan fingerprint density at radius 3 is 2.64 bits per heavy atom. The van der Waals surface area contributed by atoms with Crippen LogP contribution in [0, 0.1) is 12.8 Å². The predicted octanol–water partition coefficient (Wildman–Crippen LogP) is 4.70. The summed E-state index contributed by atoms with van der Waals surface area (Å²) in [5.41, 5.74) is 2.41. The van der Waals surface area contributed by atoms with Crippen LogP contribution in [0.4, 0.5) is 0 Å². The smallest absolute Gasteiger partial charge is 0.275 e. The largest absolute Gasteiger partial charge is 0.464 e. The zero-order chi connectivity index (χ0) is 19.3. The van der Waals surface area contributed by atoms with Crippen molar-refractivity contribution in [3.05, 3.63) is 71.4 Å². The molecule has 28 heavy (non-hydrogen) atoms. The van der Waals surface area contributed by atoms with E-state index in [2.05, 4.69) is 18.1 Å². The molecule has 2 fully saturated rings. The maximum atomic E-state index is 13.2. The molecule has 2 aliphatic rings. The van der Waals surface area contributed by atoms with Gasteiger partial charge in [0.15, 0.2) is 5.69 Å². The van der Waals surface area contributed by atoms with E-state index in [1.807, 2.05) is 59.0 Å². The number of hydrogen-bond acceptors (Lipinski definition) is 3. The van der Waals surface area contributed by atoms with Gasteiger partial charge in [0, 0.05) is 17.7 Å². The molecule has 2 aliphatic carbocycles. The Bertz CT molecular complexity index is 1000. The van der Waals surface area contributed by atoms with Gasteiger partial charge in [-0.25, -0.2) is 4.68 Å². The summed E-state index contributed by atoms with van der Waals surface area (Å²) in [5, 5.41) is 4.60. The molecule has 0 N–H and O–H groups in total. The van der Waals surface area contributed by atoms with E-state index in [1.165, 1.54) is 6.42 Å². The molecule has 2 heterocycles. The van der Waals surface area contributed by atoms with E-state index in [0.29, 0.717) is 30.1 Å². The molecule has 1 amide bonds. The van der Waals surface area contributed by atoms with Crippen molar-refractivity contribution in [1.82, 2.24) is 14.7 Å². The van der Waals surface area contributed by atoms with Crippen molar-refractivity contribution >= 4 is 5.91 Å². The van der Waals surface area contributed by atoms with E-state index >= 15 is 0 Å². The molecular weight excluding hydrogens is 350 g/mol. The van der Waals surface area contributed by atoms with Crippen molar-refractivity contribution < 1.29 is 9.21 Å². The normalized spacial score (nSPS) is 20.9. The van der Waals surface area contributed by atoms with Crippen LogP contribution in [0.5, 0.6) is 0 Å². The fraction of sp³-hybridized carbons (Fsp3) is 0.391. The van der Waals surface area contributed by atoms with Gasteiger partial charge in [-0.15, -0.1) is 0 Å². The highest BCUT2D eigenvalue weighted by atomic mass is 16.3. The molecule has 0 spiro atoms. The van der Waals surface area contributed by atoms with Crippen molar-refractivity contribution in [3.8, 4) is 5.69 Å². The van der Waals surface area contributed by atoms with Crippen LogP contribution in [0.2, 0.25) is 0 Å². The number of carbonyl (C=O) groups is 1. The molecule has 0 aliphatic heterocycles. The summed E-state index contributed by atoms with van der Waals surface area (Å²) < 4.78 is 7.88. The van der Waals surface area contributed by atoms with Crippen LogP contribution >= 0.6 is 0 Å². The third-order valence-corrected chi connectivity index (χ3v) is 5.84. The minimum atomic E-state index is -0.0157. The SMILES string of the molecule is Cc1cc(C(=O)N(Cc2ccc(C3CC3C)o2)C2CC2)nn1-c1ccccc1. The highest BCUT2D eigenvalue weighted by Gasteiger charge is 2.38. The number of nitrogens with zero attached hydrogens (tertiary/aromatic N) is 3. The van der Waals surface area contributed by atoms with Gasteiger partial charge in [0.1, 0.15) is 11.5 Å². The number of rotatable bonds is 6. The molecule has 2 aromatic heterocycles. The molecule has 1 aromatic carbocycles. The topological polar surface area (TPSA) is 51.3 Å². The first-order chi connectivity index (χ1) is 13.6. The van der Waals surface area contributed by atoms with Crippen LogP contribution in [0.1, 0.15) is 59.8 Å². The monoisotopic (exact) mass is 375 g/mol. The first kappa shape index (κ1) is 17.3. The van der Waals surface area contributed by atoms with Gasteiger partial charge in [-0.2, -0.15) is 5.10 Å². The third kappa shape index (κ3) is 3.26. The molecule has 2 saturated carbocycles. The molecule has 0 saturated heterocycles. The van der Waals surface area contributed by atoms with Gasteiger partial charge >= 0.3 is 0 Å². The van der Waals surface area contributed by atoms with Crippen LogP contribution in [0.3, 0.4) is 0 Å². The average molecular weight is 375 g/mol. The fourth-order valence-electron chi connectivity index (χ4n) is 3.87. The standard InChI is InChI=1S/C23H25N3O2/c1-15-12-20(15)22-11-10-19(28-22)14-25(17-8-9-17)23(27)21-13-16(2)26(24-21)18-6-4-3-5-7-18/h3-7,10-11,13,15,17,20H,8-9,12,14H2,1-2H3. The number of amides is 1. The number of aryl methyl sites for hydroxylation is 1. The zero-order valence-corrected chi connectivity index (χ0v) is 16.3. The van der Waals surface area contributed by atoms with E-state index in [1.54, 1.807) is 0 Å². The lowest BCUT2D eigenvalue weighted by Crippen LogP contribution is -2.32. The molecule has 5 rings (SSSR count). The molecule has 2 unspecified atom stereocenters. The third-order valence-electron chi connectivity index (χ3n) is 5.84. The van der Waals surface area contributed by atoms with Crippen LogP contribution in [-0.4, -0.2) is 26.6 Å². The van der Waals surface area contributed by atoms with Crippen molar-refractivity contribution in [3.63, 3.8) is 0 Å². The molecular formula is C23H25N3O2. The summed E-state index contributed by atoms with van der Waals surface area (Å²) >= 11 is 0. The molecule has 144 valence electrons. The molecule has 0 radical (unpaired) electrons. The Labute approximate surface area is 165 Å². The lowest BCUT2D eigenvalue weighted by Gasteiger charge is -2.20. The van der Waals surface area contributed by atoms with Crippen LogP contribution in [0.25, 0.3) is 5.69 Å². The molecule has 5 nitrogen and oxygen atoms in total. The maximum Gasteiger partial charge on any atom is 0.275 e. The maximum absolute atomic E-state index is 13.2. The second-order valence-electron chi connectivity index (χ2n) is 8.21. The molecule has 2 atom stereocenters. The second kappa shape index (κ2) is 6.66. The predicted molar refractivity (Wildman–Crippen MR) is 106 cm³/mol. The van der Waals surface area contributed by atoms with Gasteiger partial charge in [-0.1, -0.05) is 25.1 Å². The summed E-state index contributed by atoms with van der Waals surface area (Å²) in [6.07, 6.45) is 3.31. The van der Waals surface area contributed by atoms with Gasteiger partial charge in [0.2, 0.25) is 0 Å². The minimum absolute atomic E-state index is 0.0157. The number of hydrogen-bond donors (Lipinski definition) is 0. The summed E-state index contributed by atoms with van der Waals surface area (Å²) in [7, 11) is 0. The van der Waals surface area contributed by atoms with E-state index in [0.717, 1.165) is 35.7 Å². The van der Waals surface area contributed by atoms with Crippen molar-refractivity contribution in [2.75, 3.05) is 0 Å². The fourth-order valence-corrected chi connectivity index (χ4v) is 3.87. The van der Waals surface area contributed by atoms with Gasteiger partial charge in [-0.05, 0) is 62.4 Å². The van der Waals surface area contributed by atoms with E-state index in [9.17, 15) is 4.79 Å². The van der Waals surface area contributed by atoms with E-state index in [4.69, 9.17) is 4.42 Å². The summed E-state index contributed by atoms with van der Waals surface area (Å²) in [4.78, 5) is 15.2. The van der Waals surface area contributed by atoms with Crippen LogP contribution in [0.15, 0.2) is 52.9 Å². The Morgan fingerprint density at radius 1 is 1.21 bits per heavy atom. The molecule has 5 heteroatoms. The second-order valence-corrected chi connectivity index (χ2v) is 8.21. The number of benzene rings is 1. The van der Waals surface area contributed by atoms with Gasteiger partial charge in [0.05, 0.1) is 12.2 Å². The van der Waals surface area contributed by atoms with Gasteiger partial charge < -0.3 is 9.32 Å². The average Bonchev–Trinajstić information content (AvgIpc) is 3.59. The summed E-state index contributed by atoms with van der Waals surface area (Å²) in [6, 6.07) is 16.2. The van der Waals surface area contributed by atoms with Crippen molar-refractivity contribution in [2.45, 2.75) is 51.6 Å². The van der Waals surface area contributed by atoms with Gasteiger partial charge in [0.25, 0.3) is 5.91 Å². The Kier molecular flexibility index (Phi) is 4.11. The quantitative estimate of drug-likeness (QED) is 0.627. The molecule has 3 aromatic rings. The number of furan rings is 1. The first-order valence-electron chi connectivity index (χ1n) is 10.1. The Balaban J connectivity index is 1.37. The highest BCUT2D eigenvalue weighted by Crippen LogP contribution is 2.47. The molecule has 0 bridgehead atoms. The lowest BCUT2D eigenvalue weighted by atomic mass is 10.2. The highest BCUT2D eigenvalue weighted by molar-refractivity contribution is 5.93. The Hall–Kier alpha value is -2.82. The lowest BCUT2D eigenvalue weighted by molar-refractivity contribution is 0.0710. The summed E-state index contributed by atoms with van der Waals surface area (Å²) in [6.45, 7) is 4.74. The van der Waals surface area contributed by atoms with Crippen LogP contribution < -0.4 is 0 Å². The Morgan fingerprint density at radius 2 is 1.96 bits per heavy atom. The zero-order valence-electron chi connectivity index (χ0n) is 16.3. The van der Waals surface area contributed by atoms with Crippen molar-refractivity contribution in [2.24, 2.45) is 5.92 Å². The number of carbonyl (C=O) groups excluding carboxylic acids is 1.